The SMILES string of the molecule is Cc1cnc(C(C)CNC(=O)NCCC2CCCO2)s1. The quantitative estimate of drug-likeness (QED) is 0.847. The van der Waals surface area contributed by atoms with Crippen molar-refractivity contribution in [2.75, 3.05) is 19.7 Å². The molecule has 1 aliphatic heterocycles. The highest BCUT2D eigenvalue weighted by Crippen LogP contribution is 2.20. The smallest absolute Gasteiger partial charge is 0.314 e. The van der Waals surface area contributed by atoms with Crippen LogP contribution in [0.4, 0.5) is 4.79 Å². The first-order valence-electron chi connectivity index (χ1n) is 7.21. The van der Waals surface area contributed by atoms with Crippen LogP contribution in [-0.2, 0) is 4.74 Å². The number of aromatic nitrogens is 1. The van der Waals surface area contributed by atoms with Crippen LogP contribution in [0.15, 0.2) is 6.20 Å². The van der Waals surface area contributed by atoms with E-state index in [2.05, 4.69) is 22.5 Å². The van der Waals surface area contributed by atoms with Gasteiger partial charge in [0.15, 0.2) is 0 Å². The molecule has 2 atom stereocenters. The lowest BCUT2D eigenvalue weighted by Gasteiger charge is -2.13. The van der Waals surface area contributed by atoms with Gasteiger partial charge in [-0.1, -0.05) is 6.92 Å². The van der Waals surface area contributed by atoms with E-state index in [-0.39, 0.29) is 11.9 Å². The summed E-state index contributed by atoms with van der Waals surface area (Å²) >= 11 is 1.68. The number of hydrogen-bond acceptors (Lipinski definition) is 4. The van der Waals surface area contributed by atoms with Gasteiger partial charge in [0.25, 0.3) is 0 Å². The third kappa shape index (κ3) is 4.76. The first kappa shape index (κ1) is 15.3. The van der Waals surface area contributed by atoms with Gasteiger partial charge in [0.2, 0.25) is 0 Å². The van der Waals surface area contributed by atoms with Gasteiger partial charge in [-0.3, -0.25) is 0 Å². The predicted octanol–water partition coefficient (Wildman–Crippen LogP) is 2.42. The van der Waals surface area contributed by atoms with Gasteiger partial charge in [-0.05, 0) is 26.2 Å². The topological polar surface area (TPSA) is 63.2 Å². The van der Waals surface area contributed by atoms with Crippen LogP contribution in [0.3, 0.4) is 0 Å². The fraction of sp³-hybridized carbons (Fsp3) is 0.714. The predicted molar refractivity (Wildman–Crippen MR) is 80.3 cm³/mol. The molecule has 112 valence electrons. The van der Waals surface area contributed by atoms with Gasteiger partial charge >= 0.3 is 6.03 Å². The van der Waals surface area contributed by atoms with Crippen molar-refractivity contribution in [1.82, 2.24) is 15.6 Å². The van der Waals surface area contributed by atoms with Crippen LogP contribution in [0, 0.1) is 6.92 Å². The van der Waals surface area contributed by atoms with Crippen LogP contribution in [0.25, 0.3) is 0 Å². The summed E-state index contributed by atoms with van der Waals surface area (Å²) in [6.45, 7) is 6.26. The van der Waals surface area contributed by atoms with E-state index in [1.807, 2.05) is 13.1 Å². The summed E-state index contributed by atoms with van der Waals surface area (Å²) in [6.07, 6.45) is 5.35. The molecule has 5 nitrogen and oxygen atoms in total. The highest BCUT2D eigenvalue weighted by molar-refractivity contribution is 7.11. The summed E-state index contributed by atoms with van der Waals surface area (Å²) in [6, 6.07) is -0.108. The molecule has 1 aromatic rings. The molecule has 0 aromatic carbocycles. The Morgan fingerprint density at radius 3 is 3.10 bits per heavy atom. The van der Waals surface area contributed by atoms with Crippen molar-refractivity contribution in [2.45, 2.75) is 45.1 Å². The van der Waals surface area contributed by atoms with Crippen molar-refractivity contribution < 1.29 is 9.53 Å². The number of thiazole rings is 1. The molecule has 1 aliphatic rings. The number of rotatable bonds is 6. The summed E-state index contributed by atoms with van der Waals surface area (Å²) in [5.41, 5.74) is 0. The molecular formula is C14H23N3O2S. The summed E-state index contributed by atoms with van der Waals surface area (Å²) in [7, 11) is 0. The molecule has 2 N–H and O–H groups in total. The van der Waals surface area contributed by atoms with Gasteiger partial charge in [-0.2, -0.15) is 0 Å². The van der Waals surface area contributed by atoms with Crippen LogP contribution in [-0.4, -0.2) is 36.8 Å². The van der Waals surface area contributed by atoms with Crippen molar-refractivity contribution in [3.05, 3.63) is 16.1 Å². The second kappa shape index (κ2) is 7.59. The minimum Gasteiger partial charge on any atom is -0.378 e. The zero-order chi connectivity index (χ0) is 14.4. The molecule has 1 saturated heterocycles. The molecular weight excluding hydrogens is 274 g/mol. The largest absolute Gasteiger partial charge is 0.378 e. The third-order valence-electron chi connectivity index (χ3n) is 3.41. The average molecular weight is 297 g/mol. The van der Waals surface area contributed by atoms with E-state index in [1.54, 1.807) is 11.3 Å². The van der Waals surface area contributed by atoms with Crippen molar-refractivity contribution in [2.24, 2.45) is 0 Å². The number of nitrogens with one attached hydrogen (secondary N) is 2. The van der Waals surface area contributed by atoms with Crippen molar-refractivity contribution >= 4 is 17.4 Å². The van der Waals surface area contributed by atoms with E-state index >= 15 is 0 Å². The maximum Gasteiger partial charge on any atom is 0.314 e. The Bertz CT molecular complexity index is 430. The number of hydrogen-bond donors (Lipinski definition) is 2. The van der Waals surface area contributed by atoms with E-state index in [1.165, 1.54) is 4.88 Å². The van der Waals surface area contributed by atoms with Crippen molar-refractivity contribution in [3.8, 4) is 0 Å². The van der Waals surface area contributed by atoms with Gasteiger partial charge in [-0.25, -0.2) is 9.78 Å². The minimum atomic E-state index is -0.108. The summed E-state index contributed by atoms with van der Waals surface area (Å²) < 4.78 is 5.51. The fourth-order valence-electron chi connectivity index (χ4n) is 2.21. The summed E-state index contributed by atoms with van der Waals surface area (Å²) in [4.78, 5) is 17.2. The lowest BCUT2D eigenvalue weighted by Crippen LogP contribution is -2.38. The Morgan fingerprint density at radius 2 is 2.45 bits per heavy atom. The third-order valence-corrected chi connectivity index (χ3v) is 4.55. The minimum absolute atomic E-state index is 0.108. The Balaban J connectivity index is 1.59. The number of aryl methyl sites for hydroxylation is 1. The zero-order valence-electron chi connectivity index (χ0n) is 12.1. The molecule has 1 fully saturated rings. The van der Waals surface area contributed by atoms with Crippen molar-refractivity contribution in [1.29, 1.82) is 0 Å². The normalized spacial score (nSPS) is 19.8. The fourth-order valence-corrected chi connectivity index (χ4v) is 3.04. The number of urea groups is 1. The lowest BCUT2D eigenvalue weighted by molar-refractivity contribution is 0.104. The van der Waals surface area contributed by atoms with Gasteiger partial charge in [0, 0.05) is 36.7 Å². The second-order valence-corrected chi connectivity index (χ2v) is 6.54. The lowest BCUT2D eigenvalue weighted by atomic mass is 10.2. The van der Waals surface area contributed by atoms with Crippen LogP contribution in [0.1, 0.15) is 42.0 Å². The average Bonchev–Trinajstić information content (AvgIpc) is 3.07. The monoisotopic (exact) mass is 297 g/mol. The highest BCUT2D eigenvalue weighted by atomic mass is 32.1. The number of nitrogens with zero attached hydrogens (tertiary/aromatic N) is 1. The van der Waals surface area contributed by atoms with Crippen LogP contribution in [0.2, 0.25) is 0 Å². The molecule has 0 saturated carbocycles. The van der Waals surface area contributed by atoms with Gasteiger partial charge in [0.05, 0.1) is 11.1 Å². The van der Waals surface area contributed by atoms with Crippen LogP contribution >= 0.6 is 11.3 Å². The van der Waals surface area contributed by atoms with Gasteiger partial charge < -0.3 is 15.4 Å². The summed E-state index contributed by atoms with van der Waals surface area (Å²) in [5.74, 6) is 0.248. The second-order valence-electron chi connectivity index (χ2n) is 5.27. The molecule has 2 heterocycles. The summed E-state index contributed by atoms with van der Waals surface area (Å²) in [5, 5.41) is 6.84. The van der Waals surface area contributed by atoms with Crippen LogP contribution in [0.5, 0.6) is 0 Å². The van der Waals surface area contributed by atoms with E-state index in [9.17, 15) is 4.79 Å². The Kier molecular flexibility index (Phi) is 5.79. The first-order chi connectivity index (χ1) is 9.65. The molecule has 2 amide bonds. The van der Waals surface area contributed by atoms with Gasteiger partial charge in [0.1, 0.15) is 0 Å². The molecule has 0 bridgehead atoms. The van der Waals surface area contributed by atoms with E-state index < -0.39 is 0 Å². The maximum atomic E-state index is 11.7. The number of carbonyl (C=O) groups is 1. The van der Waals surface area contributed by atoms with E-state index in [4.69, 9.17) is 4.74 Å². The van der Waals surface area contributed by atoms with Gasteiger partial charge in [-0.15, -0.1) is 11.3 Å². The Hall–Kier alpha value is -1.14. The first-order valence-corrected chi connectivity index (χ1v) is 8.02. The molecule has 0 aliphatic carbocycles. The molecule has 0 radical (unpaired) electrons. The zero-order valence-corrected chi connectivity index (χ0v) is 13.0. The highest BCUT2D eigenvalue weighted by Gasteiger charge is 2.15. The van der Waals surface area contributed by atoms with E-state index in [0.717, 1.165) is 30.9 Å². The molecule has 1 aromatic heterocycles. The van der Waals surface area contributed by atoms with Crippen molar-refractivity contribution in [3.63, 3.8) is 0 Å². The Labute approximate surface area is 124 Å². The Morgan fingerprint density at radius 1 is 1.60 bits per heavy atom. The number of amides is 2. The number of carbonyl (C=O) groups excluding carboxylic acids is 1. The molecule has 2 rings (SSSR count). The number of ether oxygens (including phenoxy) is 1. The molecule has 0 spiro atoms. The molecule has 6 heteroatoms. The standard InChI is InChI=1S/C14H23N3O2S/c1-10(13-16-9-11(2)20-13)8-17-14(18)15-6-5-12-4-3-7-19-12/h9-10,12H,3-8H2,1-2H3,(H2,15,17,18). The molecule has 2 unspecified atom stereocenters. The molecule has 20 heavy (non-hydrogen) atoms. The van der Waals surface area contributed by atoms with Crippen LogP contribution < -0.4 is 10.6 Å². The van der Waals surface area contributed by atoms with E-state index in [0.29, 0.717) is 19.2 Å². The maximum absolute atomic E-state index is 11.7.